The standard InChI is InChI=1S/C13H19BrN2/c1-10-4-3-7-16(8-10)9-11-5-2-6-12(15)13(11)14/h2,5-6,10H,3-4,7-9,15H2,1H3. The van der Waals surface area contributed by atoms with E-state index in [1.165, 1.54) is 31.5 Å². The van der Waals surface area contributed by atoms with Crippen LogP contribution in [0.3, 0.4) is 0 Å². The second-order valence-corrected chi connectivity index (χ2v) is 5.60. The molecule has 1 aromatic rings. The Balaban J connectivity index is 2.05. The third-order valence-electron chi connectivity index (χ3n) is 3.24. The van der Waals surface area contributed by atoms with Crippen molar-refractivity contribution in [1.82, 2.24) is 4.90 Å². The molecule has 0 radical (unpaired) electrons. The second-order valence-electron chi connectivity index (χ2n) is 4.80. The summed E-state index contributed by atoms with van der Waals surface area (Å²) in [6, 6.07) is 6.12. The van der Waals surface area contributed by atoms with E-state index in [4.69, 9.17) is 5.73 Å². The zero-order chi connectivity index (χ0) is 11.5. The van der Waals surface area contributed by atoms with Gasteiger partial charge in [0, 0.05) is 23.2 Å². The van der Waals surface area contributed by atoms with Gasteiger partial charge in [0.1, 0.15) is 0 Å². The normalized spacial score (nSPS) is 22.2. The molecule has 1 aliphatic heterocycles. The lowest BCUT2D eigenvalue weighted by molar-refractivity contribution is 0.176. The van der Waals surface area contributed by atoms with Crippen LogP contribution in [0.1, 0.15) is 25.3 Å². The lowest BCUT2D eigenvalue weighted by atomic mass is 10.00. The molecule has 16 heavy (non-hydrogen) atoms. The summed E-state index contributed by atoms with van der Waals surface area (Å²) in [4.78, 5) is 2.52. The van der Waals surface area contributed by atoms with Gasteiger partial charge in [-0.1, -0.05) is 19.1 Å². The molecule has 1 aromatic carbocycles. The van der Waals surface area contributed by atoms with Crippen LogP contribution in [0.5, 0.6) is 0 Å². The average molecular weight is 283 g/mol. The van der Waals surface area contributed by atoms with Gasteiger partial charge in [0.2, 0.25) is 0 Å². The van der Waals surface area contributed by atoms with Gasteiger partial charge in [-0.15, -0.1) is 0 Å². The van der Waals surface area contributed by atoms with E-state index in [9.17, 15) is 0 Å². The number of piperidine rings is 1. The van der Waals surface area contributed by atoms with Crippen LogP contribution in [0.2, 0.25) is 0 Å². The monoisotopic (exact) mass is 282 g/mol. The van der Waals surface area contributed by atoms with E-state index in [0.29, 0.717) is 0 Å². The van der Waals surface area contributed by atoms with Gasteiger partial charge in [0.05, 0.1) is 0 Å². The highest BCUT2D eigenvalue weighted by molar-refractivity contribution is 9.10. The van der Waals surface area contributed by atoms with Crippen LogP contribution in [0.15, 0.2) is 22.7 Å². The number of hydrogen-bond acceptors (Lipinski definition) is 2. The zero-order valence-corrected chi connectivity index (χ0v) is 11.3. The summed E-state index contributed by atoms with van der Waals surface area (Å²) in [5.74, 6) is 0.827. The molecule has 2 rings (SSSR count). The average Bonchev–Trinajstić information content (AvgIpc) is 2.25. The highest BCUT2D eigenvalue weighted by Crippen LogP contribution is 2.26. The van der Waals surface area contributed by atoms with Crippen LogP contribution < -0.4 is 5.73 Å². The van der Waals surface area contributed by atoms with E-state index >= 15 is 0 Å². The molecular weight excluding hydrogens is 264 g/mol. The van der Waals surface area contributed by atoms with E-state index in [1.54, 1.807) is 0 Å². The number of nitrogens with zero attached hydrogens (tertiary/aromatic N) is 1. The molecule has 0 aliphatic carbocycles. The van der Waals surface area contributed by atoms with Crippen molar-refractivity contribution >= 4 is 21.6 Å². The van der Waals surface area contributed by atoms with Gasteiger partial charge in [-0.05, 0) is 52.9 Å². The summed E-state index contributed by atoms with van der Waals surface area (Å²) in [6.45, 7) is 5.77. The number of halogens is 1. The fourth-order valence-corrected chi connectivity index (χ4v) is 2.78. The molecule has 1 heterocycles. The summed E-state index contributed by atoms with van der Waals surface area (Å²) >= 11 is 3.57. The lowest BCUT2D eigenvalue weighted by Crippen LogP contribution is -2.33. The third-order valence-corrected chi connectivity index (χ3v) is 4.21. The minimum absolute atomic E-state index is 0.827. The van der Waals surface area contributed by atoms with Gasteiger partial charge in [0.25, 0.3) is 0 Å². The summed E-state index contributed by atoms with van der Waals surface area (Å²) in [6.07, 6.45) is 2.69. The Labute approximate surface area is 106 Å². The van der Waals surface area contributed by atoms with Gasteiger partial charge in [-0.25, -0.2) is 0 Å². The molecule has 0 aromatic heterocycles. The molecule has 88 valence electrons. The molecule has 0 amide bonds. The lowest BCUT2D eigenvalue weighted by Gasteiger charge is -2.31. The maximum Gasteiger partial charge on any atom is 0.0461 e. The fourth-order valence-electron chi connectivity index (χ4n) is 2.39. The largest absolute Gasteiger partial charge is 0.398 e. The summed E-state index contributed by atoms with van der Waals surface area (Å²) in [5.41, 5.74) is 8.02. The van der Waals surface area contributed by atoms with Crippen LogP contribution in [0.25, 0.3) is 0 Å². The molecule has 0 spiro atoms. The molecule has 2 nitrogen and oxygen atoms in total. The number of anilines is 1. The van der Waals surface area contributed by atoms with Crippen molar-refractivity contribution in [3.05, 3.63) is 28.2 Å². The van der Waals surface area contributed by atoms with Crippen LogP contribution >= 0.6 is 15.9 Å². The molecular formula is C13H19BrN2. The van der Waals surface area contributed by atoms with E-state index in [2.05, 4.69) is 33.8 Å². The molecule has 3 heteroatoms. The number of nitrogen functional groups attached to an aromatic ring is 1. The molecule has 1 atom stereocenters. The van der Waals surface area contributed by atoms with Crippen molar-refractivity contribution in [3.8, 4) is 0 Å². The molecule has 1 aliphatic rings. The molecule has 1 saturated heterocycles. The summed E-state index contributed by atoms with van der Waals surface area (Å²) < 4.78 is 1.06. The highest BCUT2D eigenvalue weighted by atomic mass is 79.9. The first-order valence-electron chi connectivity index (χ1n) is 5.92. The van der Waals surface area contributed by atoms with Crippen molar-refractivity contribution in [3.63, 3.8) is 0 Å². The van der Waals surface area contributed by atoms with E-state index in [-0.39, 0.29) is 0 Å². The predicted octanol–water partition coefficient (Wildman–Crippen LogP) is 3.26. The molecule has 1 fully saturated rings. The van der Waals surface area contributed by atoms with E-state index in [0.717, 1.165) is 22.6 Å². The van der Waals surface area contributed by atoms with Gasteiger partial charge >= 0.3 is 0 Å². The Bertz CT molecular complexity index is 365. The Morgan fingerprint density at radius 1 is 1.50 bits per heavy atom. The van der Waals surface area contributed by atoms with Crippen LogP contribution in [-0.2, 0) is 6.54 Å². The van der Waals surface area contributed by atoms with E-state index in [1.807, 2.05) is 12.1 Å². The highest BCUT2D eigenvalue weighted by Gasteiger charge is 2.17. The number of hydrogen-bond donors (Lipinski definition) is 1. The zero-order valence-electron chi connectivity index (χ0n) is 9.75. The minimum atomic E-state index is 0.827. The number of benzene rings is 1. The molecule has 2 N–H and O–H groups in total. The molecule has 1 unspecified atom stereocenters. The molecule has 0 bridgehead atoms. The van der Waals surface area contributed by atoms with Crippen molar-refractivity contribution in [2.45, 2.75) is 26.3 Å². The van der Waals surface area contributed by atoms with Crippen molar-refractivity contribution < 1.29 is 0 Å². The van der Waals surface area contributed by atoms with Gasteiger partial charge in [0.15, 0.2) is 0 Å². The maximum atomic E-state index is 5.89. The van der Waals surface area contributed by atoms with Gasteiger partial charge < -0.3 is 5.73 Å². The van der Waals surface area contributed by atoms with Crippen molar-refractivity contribution in [1.29, 1.82) is 0 Å². The number of likely N-dealkylation sites (tertiary alicyclic amines) is 1. The summed E-state index contributed by atoms with van der Waals surface area (Å²) in [7, 11) is 0. The first-order chi connectivity index (χ1) is 7.66. The quantitative estimate of drug-likeness (QED) is 0.844. The second kappa shape index (κ2) is 5.19. The topological polar surface area (TPSA) is 29.3 Å². The van der Waals surface area contributed by atoms with Crippen LogP contribution in [0.4, 0.5) is 5.69 Å². The Kier molecular flexibility index (Phi) is 3.87. The Hall–Kier alpha value is -0.540. The Morgan fingerprint density at radius 3 is 3.06 bits per heavy atom. The van der Waals surface area contributed by atoms with Gasteiger partial charge in [-0.3, -0.25) is 4.90 Å². The van der Waals surface area contributed by atoms with Crippen molar-refractivity contribution in [2.24, 2.45) is 5.92 Å². The first kappa shape index (κ1) is 11.9. The van der Waals surface area contributed by atoms with Crippen molar-refractivity contribution in [2.75, 3.05) is 18.8 Å². The predicted molar refractivity (Wildman–Crippen MR) is 72.2 cm³/mol. The third kappa shape index (κ3) is 2.77. The maximum absolute atomic E-state index is 5.89. The fraction of sp³-hybridized carbons (Fsp3) is 0.538. The number of rotatable bonds is 2. The molecule has 0 saturated carbocycles. The van der Waals surface area contributed by atoms with Crippen LogP contribution in [0, 0.1) is 5.92 Å². The summed E-state index contributed by atoms with van der Waals surface area (Å²) in [5, 5.41) is 0. The minimum Gasteiger partial charge on any atom is -0.398 e. The number of nitrogens with two attached hydrogens (primary N) is 1. The SMILES string of the molecule is CC1CCCN(Cc2cccc(N)c2Br)C1. The van der Waals surface area contributed by atoms with Crippen LogP contribution in [-0.4, -0.2) is 18.0 Å². The Morgan fingerprint density at radius 2 is 2.31 bits per heavy atom. The van der Waals surface area contributed by atoms with Gasteiger partial charge in [-0.2, -0.15) is 0 Å². The first-order valence-corrected chi connectivity index (χ1v) is 6.71. The smallest absolute Gasteiger partial charge is 0.0461 e. The van der Waals surface area contributed by atoms with E-state index < -0.39 is 0 Å².